The van der Waals surface area contributed by atoms with E-state index in [2.05, 4.69) is 17.6 Å². The van der Waals surface area contributed by atoms with Crippen molar-refractivity contribution < 1.29 is 22.7 Å². The summed E-state index contributed by atoms with van der Waals surface area (Å²) in [4.78, 5) is 12.2. The van der Waals surface area contributed by atoms with Crippen LogP contribution in [0.1, 0.15) is 31.7 Å². The molecule has 1 saturated heterocycles. The van der Waals surface area contributed by atoms with Crippen molar-refractivity contribution in [2.75, 3.05) is 19.7 Å². The van der Waals surface area contributed by atoms with E-state index in [0.717, 1.165) is 25.9 Å². The van der Waals surface area contributed by atoms with E-state index in [-0.39, 0.29) is 18.2 Å². The van der Waals surface area contributed by atoms with Gasteiger partial charge in [-0.25, -0.2) is 0 Å². The number of benzene rings is 1. The molecule has 0 saturated carbocycles. The Balaban J connectivity index is 1.82. The molecule has 0 aromatic heterocycles. The Kier molecular flexibility index (Phi) is 7.11. The average molecular weight is 358 g/mol. The predicted molar refractivity (Wildman–Crippen MR) is 89.2 cm³/mol. The normalized spacial score (nSPS) is 17.1. The van der Waals surface area contributed by atoms with Crippen molar-refractivity contribution in [1.82, 2.24) is 10.6 Å². The van der Waals surface area contributed by atoms with Gasteiger partial charge in [-0.15, -0.1) is 0 Å². The van der Waals surface area contributed by atoms with Crippen LogP contribution < -0.4 is 15.4 Å². The van der Waals surface area contributed by atoms with Crippen molar-refractivity contribution in [3.8, 4) is 5.75 Å². The Labute approximate surface area is 146 Å². The molecular formula is C18H25F3N2O2. The lowest BCUT2D eigenvalue weighted by molar-refractivity contribution is -0.153. The molecule has 1 heterocycles. The number of ether oxygens (including phenoxy) is 1. The number of nitrogens with one attached hydrogen (secondary N) is 2. The minimum atomic E-state index is -4.39. The standard InChI is InChI=1S/C18H25F3N2O2/c1-13(14-6-8-22-9-7-14)10-17(24)23-11-15-4-2-3-5-16(15)25-12-18(19,20)21/h2-5,13-14,22H,6-12H2,1H3,(H,23,24). The Morgan fingerprint density at radius 2 is 2.00 bits per heavy atom. The third-order valence-corrected chi connectivity index (χ3v) is 4.54. The summed E-state index contributed by atoms with van der Waals surface area (Å²) in [6.07, 6.45) is -1.82. The first-order valence-electron chi connectivity index (χ1n) is 8.60. The second kappa shape index (κ2) is 9.08. The molecule has 1 fully saturated rings. The highest BCUT2D eigenvalue weighted by Gasteiger charge is 2.28. The largest absolute Gasteiger partial charge is 0.484 e. The maximum Gasteiger partial charge on any atom is 0.422 e. The first kappa shape index (κ1) is 19.6. The van der Waals surface area contributed by atoms with Crippen LogP contribution in [0.2, 0.25) is 0 Å². The van der Waals surface area contributed by atoms with Crippen molar-refractivity contribution in [1.29, 1.82) is 0 Å². The molecule has 0 aliphatic carbocycles. The summed E-state index contributed by atoms with van der Waals surface area (Å²) in [6, 6.07) is 6.45. The van der Waals surface area contributed by atoms with Crippen LogP contribution in [-0.2, 0) is 11.3 Å². The number of rotatable bonds is 7. The van der Waals surface area contributed by atoms with Gasteiger partial charge < -0.3 is 15.4 Å². The van der Waals surface area contributed by atoms with Gasteiger partial charge in [0.1, 0.15) is 5.75 Å². The number of hydrogen-bond donors (Lipinski definition) is 2. The summed E-state index contributed by atoms with van der Waals surface area (Å²) in [5.41, 5.74) is 0.537. The van der Waals surface area contributed by atoms with Crippen LogP contribution in [0.4, 0.5) is 13.2 Å². The zero-order valence-electron chi connectivity index (χ0n) is 14.4. The number of para-hydroxylation sites is 1. The maximum absolute atomic E-state index is 12.3. The second-order valence-corrected chi connectivity index (χ2v) is 6.56. The van der Waals surface area contributed by atoms with Crippen molar-refractivity contribution in [3.63, 3.8) is 0 Å². The SMILES string of the molecule is CC(CC(=O)NCc1ccccc1OCC(F)(F)F)C1CCNCC1. The fourth-order valence-electron chi connectivity index (χ4n) is 3.09. The molecule has 1 aliphatic heterocycles. The quantitative estimate of drug-likeness (QED) is 0.787. The van der Waals surface area contributed by atoms with Crippen molar-refractivity contribution in [2.45, 2.75) is 38.9 Å². The molecule has 140 valence electrons. The van der Waals surface area contributed by atoms with Crippen molar-refractivity contribution in [3.05, 3.63) is 29.8 Å². The van der Waals surface area contributed by atoms with Crippen LogP contribution in [0, 0.1) is 11.8 Å². The number of halogens is 3. The first-order valence-corrected chi connectivity index (χ1v) is 8.60. The van der Waals surface area contributed by atoms with Crippen LogP contribution in [0.15, 0.2) is 24.3 Å². The van der Waals surface area contributed by atoms with Crippen LogP contribution in [-0.4, -0.2) is 31.8 Å². The lowest BCUT2D eigenvalue weighted by atomic mass is 9.84. The summed E-state index contributed by atoms with van der Waals surface area (Å²) >= 11 is 0. The van der Waals surface area contributed by atoms with Gasteiger partial charge in [0.2, 0.25) is 5.91 Å². The molecule has 2 rings (SSSR count). The highest BCUT2D eigenvalue weighted by molar-refractivity contribution is 5.76. The van der Waals surface area contributed by atoms with E-state index in [1.807, 2.05) is 0 Å². The second-order valence-electron chi connectivity index (χ2n) is 6.56. The van der Waals surface area contributed by atoms with E-state index in [9.17, 15) is 18.0 Å². The summed E-state index contributed by atoms with van der Waals surface area (Å²) in [5.74, 6) is 0.886. The van der Waals surface area contributed by atoms with E-state index < -0.39 is 12.8 Å². The van der Waals surface area contributed by atoms with Crippen LogP contribution in [0.3, 0.4) is 0 Å². The Morgan fingerprint density at radius 3 is 2.68 bits per heavy atom. The van der Waals surface area contributed by atoms with Gasteiger partial charge in [0.15, 0.2) is 6.61 Å². The number of alkyl halides is 3. The molecule has 1 aromatic carbocycles. The minimum Gasteiger partial charge on any atom is -0.484 e. The van der Waals surface area contributed by atoms with Crippen molar-refractivity contribution >= 4 is 5.91 Å². The van der Waals surface area contributed by atoms with Gasteiger partial charge in [-0.3, -0.25) is 4.79 Å². The topological polar surface area (TPSA) is 50.4 Å². The number of amides is 1. The number of hydrogen-bond acceptors (Lipinski definition) is 3. The molecule has 4 nitrogen and oxygen atoms in total. The number of piperidine rings is 1. The zero-order chi connectivity index (χ0) is 18.3. The molecule has 1 amide bonds. The van der Waals surface area contributed by atoms with Gasteiger partial charge in [0.05, 0.1) is 0 Å². The van der Waals surface area contributed by atoms with Gasteiger partial charge >= 0.3 is 6.18 Å². The van der Waals surface area contributed by atoms with Gasteiger partial charge in [-0.2, -0.15) is 13.2 Å². The van der Waals surface area contributed by atoms with E-state index in [1.54, 1.807) is 18.2 Å². The van der Waals surface area contributed by atoms with E-state index in [4.69, 9.17) is 4.74 Å². The lowest BCUT2D eigenvalue weighted by Gasteiger charge is -2.27. The molecule has 0 radical (unpaired) electrons. The predicted octanol–water partition coefficient (Wildman–Crippen LogP) is 3.27. The molecule has 25 heavy (non-hydrogen) atoms. The molecule has 1 unspecified atom stereocenters. The van der Waals surface area contributed by atoms with Gasteiger partial charge in [0.25, 0.3) is 0 Å². The zero-order valence-corrected chi connectivity index (χ0v) is 14.4. The van der Waals surface area contributed by atoms with Gasteiger partial charge in [0, 0.05) is 18.5 Å². The molecule has 1 aliphatic rings. The van der Waals surface area contributed by atoms with Gasteiger partial charge in [-0.05, 0) is 43.8 Å². The number of carbonyl (C=O) groups is 1. The third-order valence-electron chi connectivity index (χ3n) is 4.54. The number of carbonyl (C=O) groups excluding carboxylic acids is 1. The summed E-state index contributed by atoms with van der Waals surface area (Å²) in [5, 5.41) is 6.09. The minimum absolute atomic E-state index is 0.0864. The first-order chi connectivity index (χ1) is 11.8. The van der Waals surface area contributed by atoms with Crippen LogP contribution in [0.5, 0.6) is 5.75 Å². The molecular weight excluding hydrogens is 333 g/mol. The smallest absolute Gasteiger partial charge is 0.422 e. The summed E-state index contributed by atoms with van der Waals surface area (Å²) in [7, 11) is 0. The average Bonchev–Trinajstić information content (AvgIpc) is 2.59. The fourth-order valence-corrected chi connectivity index (χ4v) is 3.09. The van der Waals surface area contributed by atoms with E-state index in [0.29, 0.717) is 23.8 Å². The molecule has 0 spiro atoms. The lowest BCUT2D eigenvalue weighted by Crippen LogP contribution is -2.33. The van der Waals surface area contributed by atoms with Crippen LogP contribution >= 0.6 is 0 Å². The molecule has 7 heteroatoms. The Bertz CT molecular complexity index is 557. The van der Waals surface area contributed by atoms with Gasteiger partial charge in [-0.1, -0.05) is 25.1 Å². The Morgan fingerprint density at radius 1 is 1.32 bits per heavy atom. The highest BCUT2D eigenvalue weighted by Crippen LogP contribution is 2.25. The Hall–Kier alpha value is -1.76. The molecule has 1 atom stereocenters. The van der Waals surface area contributed by atoms with E-state index in [1.165, 1.54) is 6.07 Å². The molecule has 1 aromatic rings. The summed E-state index contributed by atoms with van der Waals surface area (Å²) in [6.45, 7) is 2.87. The summed E-state index contributed by atoms with van der Waals surface area (Å²) < 4.78 is 41.8. The molecule has 0 bridgehead atoms. The fraction of sp³-hybridized carbons (Fsp3) is 0.611. The van der Waals surface area contributed by atoms with Crippen LogP contribution in [0.25, 0.3) is 0 Å². The maximum atomic E-state index is 12.3. The van der Waals surface area contributed by atoms with Crippen molar-refractivity contribution in [2.24, 2.45) is 11.8 Å². The highest BCUT2D eigenvalue weighted by atomic mass is 19.4. The monoisotopic (exact) mass is 358 g/mol. The molecule has 2 N–H and O–H groups in total. The third kappa shape index (κ3) is 6.94. The van der Waals surface area contributed by atoms with E-state index >= 15 is 0 Å².